The molecule has 1 saturated heterocycles. The molecule has 0 atom stereocenters. The Morgan fingerprint density at radius 2 is 1.64 bits per heavy atom. The topological polar surface area (TPSA) is 33.7 Å². The highest BCUT2D eigenvalue weighted by Gasteiger charge is 2.08. The van der Waals surface area contributed by atoms with Crippen molar-refractivity contribution in [1.82, 2.24) is 10.2 Å². The van der Waals surface area contributed by atoms with Crippen LogP contribution in [0.2, 0.25) is 0 Å². The van der Waals surface area contributed by atoms with Crippen molar-refractivity contribution in [2.45, 2.75) is 32.6 Å². The predicted molar refractivity (Wildman–Crippen MR) is 90.9 cm³/mol. The molecular formula is C18H30N2O2. The molecule has 0 unspecified atom stereocenters. The average Bonchev–Trinajstić information content (AvgIpc) is 2.56. The summed E-state index contributed by atoms with van der Waals surface area (Å²) in [5, 5.41) is 3.39. The zero-order valence-corrected chi connectivity index (χ0v) is 13.9. The van der Waals surface area contributed by atoms with Crippen LogP contribution in [0, 0.1) is 0 Å². The van der Waals surface area contributed by atoms with Gasteiger partial charge in [0.25, 0.3) is 0 Å². The van der Waals surface area contributed by atoms with Gasteiger partial charge in [0, 0.05) is 26.2 Å². The minimum Gasteiger partial charge on any atom is -0.490 e. The lowest BCUT2D eigenvalue weighted by atomic mass is 10.2. The van der Waals surface area contributed by atoms with E-state index in [-0.39, 0.29) is 0 Å². The minimum atomic E-state index is 0.673. The second-order valence-electron chi connectivity index (χ2n) is 5.73. The number of unbranched alkanes of at least 4 members (excludes halogenated alkanes) is 3. The molecule has 0 bridgehead atoms. The van der Waals surface area contributed by atoms with Crippen molar-refractivity contribution in [3.05, 3.63) is 24.3 Å². The first-order chi connectivity index (χ1) is 10.9. The standard InChI is InChI=1S/C18H30N2O2/c1-2-21-17-9-5-6-10-18(17)22-16-8-4-3-7-13-20-14-11-19-12-15-20/h5-6,9-10,19H,2-4,7-8,11-16H2,1H3. The molecule has 1 aliphatic rings. The van der Waals surface area contributed by atoms with Crippen molar-refractivity contribution >= 4 is 0 Å². The van der Waals surface area contributed by atoms with Gasteiger partial charge in [0.05, 0.1) is 13.2 Å². The number of hydrogen-bond acceptors (Lipinski definition) is 4. The highest BCUT2D eigenvalue weighted by Crippen LogP contribution is 2.26. The smallest absolute Gasteiger partial charge is 0.161 e. The molecule has 0 aliphatic carbocycles. The Kier molecular flexibility index (Phi) is 8.13. The van der Waals surface area contributed by atoms with Crippen LogP contribution in [-0.4, -0.2) is 50.8 Å². The highest BCUT2D eigenvalue weighted by atomic mass is 16.5. The molecule has 1 fully saturated rings. The van der Waals surface area contributed by atoms with Crippen molar-refractivity contribution < 1.29 is 9.47 Å². The quantitative estimate of drug-likeness (QED) is 0.674. The number of hydrogen-bond donors (Lipinski definition) is 1. The molecular weight excluding hydrogens is 276 g/mol. The van der Waals surface area contributed by atoms with E-state index in [4.69, 9.17) is 9.47 Å². The molecule has 124 valence electrons. The molecule has 4 nitrogen and oxygen atoms in total. The van der Waals surface area contributed by atoms with Gasteiger partial charge in [-0.25, -0.2) is 0 Å². The molecule has 4 heteroatoms. The summed E-state index contributed by atoms with van der Waals surface area (Å²) in [5.41, 5.74) is 0. The fraction of sp³-hybridized carbons (Fsp3) is 0.667. The van der Waals surface area contributed by atoms with Gasteiger partial charge in [0.15, 0.2) is 11.5 Å². The van der Waals surface area contributed by atoms with Crippen LogP contribution in [0.1, 0.15) is 32.6 Å². The van der Waals surface area contributed by atoms with Crippen LogP contribution in [0.25, 0.3) is 0 Å². The van der Waals surface area contributed by atoms with Crippen LogP contribution in [0.4, 0.5) is 0 Å². The van der Waals surface area contributed by atoms with Gasteiger partial charge in [0.1, 0.15) is 0 Å². The summed E-state index contributed by atoms with van der Waals surface area (Å²) in [6, 6.07) is 7.92. The van der Waals surface area contributed by atoms with E-state index in [1.807, 2.05) is 31.2 Å². The van der Waals surface area contributed by atoms with Gasteiger partial charge in [-0.05, 0) is 38.4 Å². The summed E-state index contributed by atoms with van der Waals surface area (Å²) >= 11 is 0. The van der Waals surface area contributed by atoms with Crippen molar-refractivity contribution in [1.29, 1.82) is 0 Å². The Balaban J connectivity index is 1.52. The van der Waals surface area contributed by atoms with Crippen LogP contribution in [0.5, 0.6) is 11.5 Å². The molecule has 0 amide bonds. The Labute approximate surface area is 134 Å². The lowest BCUT2D eigenvalue weighted by Gasteiger charge is -2.27. The molecule has 1 aliphatic heterocycles. The zero-order valence-electron chi connectivity index (χ0n) is 13.9. The van der Waals surface area contributed by atoms with Gasteiger partial charge in [0.2, 0.25) is 0 Å². The molecule has 1 aromatic carbocycles. The number of benzene rings is 1. The van der Waals surface area contributed by atoms with Crippen molar-refractivity contribution in [3.63, 3.8) is 0 Å². The van der Waals surface area contributed by atoms with E-state index < -0.39 is 0 Å². The van der Waals surface area contributed by atoms with E-state index in [2.05, 4.69) is 10.2 Å². The first-order valence-corrected chi connectivity index (χ1v) is 8.68. The van der Waals surface area contributed by atoms with Crippen LogP contribution < -0.4 is 14.8 Å². The van der Waals surface area contributed by atoms with Crippen molar-refractivity contribution in [3.8, 4) is 11.5 Å². The SMILES string of the molecule is CCOc1ccccc1OCCCCCCN1CCNCC1. The number of para-hydroxylation sites is 2. The molecule has 0 spiro atoms. The summed E-state index contributed by atoms with van der Waals surface area (Å²) in [4.78, 5) is 2.56. The normalized spacial score (nSPS) is 15.7. The Hall–Kier alpha value is -1.26. The van der Waals surface area contributed by atoms with Gasteiger partial charge in [-0.3, -0.25) is 0 Å². The molecule has 1 heterocycles. The number of piperazine rings is 1. The van der Waals surface area contributed by atoms with Crippen molar-refractivity contribution in [2.24, 2.45) is 0 Å². The minimum absolute atomic E-state index is 0.673. The second kappa shape index (κ2) is 10.5. The molecule has 2 rings (SSSR count). The van der Waals surface area contributed by atoms with Crippen LogP contribution in [-0.2, 0) is 0 Å². The molecule has 22 heavy (non-hydrogen) atoms. The fourth-order valence-corrected chi connectivity index (χ4v) is 2.75. The van der Waals surface area contributed by atoms with E-state index in [0.717, 1.165) is 37.6 Å². The Bertz CT molecular complexity index is 406. The third-order valence-electron chi connectivity index (χ3n) is 3.98. The van der Waals surface area contributed by atoms with Gasteiger partial charge in [-0.2, -0.15) is 0 Å². The molecule has 0 radical (unpaired) electrons. The first kappa shape index (κ1) is 17.1. The Morgan fingerprint density at radius 3 is 2.36 bits per heavy atom. The summed E-state index contributed by atoms with van der Waals surface area (Å²) in [5.74, 6) is 1.72. The number of ether oxygens (including phenoxy) is 2. The van der Waals surface area contributed by atoms with Gasteiger partial charge >= 0.3 is 0 Å². The number of nitrogens with one attached hydrogen (secondary N) is 1. The summed E-state index contributed by atoms with van der Waals surface area (Å²) < 4.78 is 11.4. The van der Waals surface area contributed by atoms with Crippen LogP contribution in [0.15, 0.2) is 24.3 Å². The van der Waals surface area contributed by atoms with E-state index >= 15 is 0 Å². The van der Waals surface area contributed by atoms with Gasteiger partial charge < -0.3 is 19.7 Å². The monoisotopic (exact) mass is 306 g/mol. The lowest BCUT2D eigenvalue weighted by molar-refractivity contribution is 0.233. The first-order valence-electron chi connectivity index (χ1n) is 8.68. The maximum Gasteiger partial charge on any atom is 0.161 e. The van der Waals surface area contributed by atoms with Crippen LogP contribution >= 0.6 is 0 Å². The van der Waals surface area contributed by atoms with Gasteiger partial charge in [-0.15, -0.1) is 0 Å². The van der Waals surface area contributed by atoms with E-state index in [1.54, 1.807) is 0 Å². The molecule has 1 aromatic rings. The highest BCUT2D eigenvalue weighted by molar-refractivity contribution is 5.39. The van der Waals surface area contributed by atoms with Crippen molar-refractivity contribution in [2.75, 3.05) is 45.9 Å². The van der Waals surface area contributed by atoms with E-state index in [9.17, 15) is 0 Å². The fourth-order valence-electron chi connectivity index (χ4n) is 2.75. The lowest BCUT2D eigenvalue weighted by Crippen LogP contribution is -2.43. The summed E-state index contributed by atoms with van der Waals surface area (Å²) in [7, 11) is 0. The second-order valence-corrected chi connectivity index (χ2v) is 5.73. The predicted octanol–water partition coefficient (Wildman–Crippen LogP) is 2.93. The molecule has 1 N–H and O–H groups in total. The number of nitrogens with zero attached hydrogens (tertiary/aromatic N) is 1. The summed E-state index contributed by atoms with van der Waals surface area (Å²) in [6.45, 7) is 9.39. The molecule has 0 aromatic heterocycles. The summed E-state index contributed by atoms with van der Waals surface area (Å²) in [6.07, 6.45) is 4.95. The van der Waals surface area contributed by atoms with Crippen LogP contribution in [0.3, 0.4) is 0 Å². The van der Waals surface area contributed by atoms with E-state index in [1.165, 1.54) is 38.9 Å². The van der Waals surface area contributed by atoms with E-state index in [0.29, 0.717) is 6.61 Å². The largest absolute Gasteiger partial charge is 0.490 e. The maximum atomic E-state index is 5.84. The zero-order chi connectivity index (χ0) is 15.5. The average molecular weight is 306 g/mol. The third kappa shape index (κ3) is 6.24. The number of rotatable bonds is 10. The Morgan fingerprint density at radius 1 is 0.955 bits per heavy atom. The van der Waals surface area contributed by atoms with Gasteiger partial charge in [-0.1, -0.05) is 25.0 Å². The third-order valence-corrected chi connectivity index (χ3v) is 3.98. The maximum absolute atomic E-state index is 5.84. The molecule has 0 saturated carbocycles.